The van der Waals surface area contributed by atoms with Crippen molar-refractivity contribution >= 4 is 44.8 Å². The van der Waals surface area contributed by atoms with E-state index in [0.29, 0.717) is 18.2 Å². The molecule has 1 aromatic heterocycles. The average Bonchev–Trinajstić information content (AvgIpc) is 2.94. The zero-order valence-corrected chi connectivity index (χ0v) is 25.1. The molecule has 2 heterocycles. The lowest BCUT2D eigenvalue weighted by Crippen LogP contribution is -2.45. The van der Waals surface area contributed by atoms with E-state index in [1.807, 2.05) is 13.0 Å². The second kappa shape index (κ2) is 13.3. The molecule has 10 nitrogen and oxygen atoms in total. The summed E-state index contributed by atoms with van der Waals surface area (Å²) in [6.07, 6.45) is 5.15. The minimum absolute atomic E-state index is 0.0239. The standard InChI is InChI=1S/C29H38ClN7O3S/c1-3-40-26-19-21(13-14-37-17-15-36(2)16-18-37)11-12-24(26)33-29-31-20-23(30)28(34-29)32-25-9-4-5-10-27(25)41(38,39)35-22-7-6-8-22/h4-5,9-12,19-20,22,35H,3,6-8,13-18H2,1-2H3,(H2,31,32,33,34). The van der Waals surface area contributed by atoms with Crippen LogP contribution in [-0.4, -0.2) is 80.6 Å². The van der Waals surface area contributed by atoms with E-state index >= 15 is 0 Å². The third-order valence-electron chi connectivity index (χ3n) is 7.51. The summed E-state index contributed by atoms with van der Waals surface area (Å²) in [4.78, 5) is 13.9. The van der Waals surface area contributed by atoms with Gasteiger partial charge in [0.2, 0.25) is 16.0 Å². The number of sulfonamides is 1. The number of ether oxygens (including phenoxy) is 1. The number of nitrogens with one attached hydrogen (secondary N) is 3. The van der Waals surface area contributed by atoms with Crippen molar-refractivity contribution in [3.8, 4) is 5.75 Å². The van der Waals surface area contributed by atoms with Crippen molar-refractivity contribution in [2.45, 2.75) is 43.5 Å². The Morgan fingerprint density at radius 1 is 1.05 bits per heavy atom. The van der Waals surface area contributed by atoms with Gasteiger partial charge in [0.05, 0.1) is 24.2 Å². The Bertz CT molecular complexity index is 1440. The average molecular weight is 600 g/mol. The highest BCUT2D eigenvalue weighted by Crippen LogP contribution is 2.32. The van der Waals surface area contributed by atoms with E-state index < -0.39 is 10.0 Å². The van der Waals surface area contributed by atoms with E-state index in [4.69, 9.17) is 16.3 Å². The van der Waals surface area contributed by atoms with Crippen molar-refractivity contribution < 1.29 is 13.2 Å². The van der Waals surface area contributed by atoms with Crippen molar-refractivity contribution in [3.05, 3.63) is 59.2 Å². The molecule has 41 heavy (non-hydrogen) atoms. The van der Waals surface area contributed by atoms with Gasteiger partial charge in [-0.3, -0.25) is 0 Å². The molecule has 1 saturated heterocycles. The quantitative estimate of drug-likeness (QED) is 0.274. The lowest BCUT2D eigenvalue weighted by atomic mass is 9.94. The molecular formula is C29H38ClN7O3S. The summed E-state index contributed by atoms with van der Waals surface area (Å²) in [5, 5.41) is 6.61. The van der Waals surface area contributed by atoms with Crippen molar-refractivity contribution in [2.24, 2.45) is 0 Å². The first-order chi connectivity index (χ1) is 19.8. The maximum Gasteiger partial charge on any atom is 0.242 e. The van der Waals surface area contributed by atoms with Crippen LogP contribution in [0.15, 0.2) is 53.6 Å². The Balaban J connectivity index is 1.30. The Morgan fingerprint density at radius 2 is 1.83 bits per heavy atom. The molecule has 3 aromatic rings. The molecule has 0 radical (unpaired) electrons. The highest BCUT2D eigenvalue weighted by molar-refractivity contribution is 7.89. The maximum absolute atomic E-state index is 13.1. The molecule has 2 fully saturated rings. The molecule has 0 amide bonds. The number of piperazine rings is 1. The molecule has 3 N–H and O–H groups in total. The van der Waals surface area contributed by atoms with Crippen LogP contribution in [0.1, 0.15) is 31.7 Å². The first-order valence-corrected chi connectivity index (χ1v) is 16.0. The predicted molar refractivity (Wildman–Crippen MR) is 163 cm³/mol. The van der Waals surface area contributed by atoms with Gasteiger partial charge in [0.1, 0.15) is 15.7 Å². The number of hydrogen-bond donors (Lipinski definition) is 3. The van der Waals surface area contributed by atoms with Crippen molar-refractivity contribution in [1.29, 1.82) is 0 Å². The van der Waals surface area contributed by atoms with Gasteiger partial charge in [0, 0.05) is 38.8 Å². The van der Waals surface area contributed by atoms with Gasteiger partial charge in [-0.2, -0.15) is 4.98 Å². The summed E-state index contributed by atoms with van der Waals surface area (Å²) in [7, 11) is -1.54. The number of aromatic nitrogens is 2. The largest absolute Gasteiger partial charge is 0.492 e. The Kier molecular flexibility index (Phi) is 9.61. The molecule has 1 saturated carbocycles. The predicted octanol–water partition coefficient (Wildman–Crippen LogP) is 4.64. The fourth-order valence-electron chi connectivity index (χ4n) is 4.84. The van der Waals surface area contributed by atoms with Crippen LogP contribution in [0, 0.1) is 0 Å². The molecule has 1 aliphatic carbocycles. The van der Waals surface area contributed by atoms with E-state index in [0.717, 1.165) is 69.8 Å². The van der Waals surface area contributed by atoms with E-state index in [1.165, 1.54) is 11.8 Å². The molecule has 0 atom stereocenters. The molecule has 2 aromatic carbocycles. The first-order valence-electron chi connectivity index (χ1n) is 14.2. The Hall–Kier alpha value is -2.96. The summed E-state index contributed by atoms with van der Waals surface area (Å²) < 4.78 is 34.9. The molecule has 0 spiro atoms. The van der Waals surface area contributed by atoms with Crippen molar-refractivity contribution in [3.63, 3.8) is 0 Å². The number of hydrogen-bond acceptors (Lipinski definition) is 9. The Morgan fingerprint density at radius 3 is 2.56 bits per heavy atom. The summed E-state index contributed by atoms with van der Waals surface area (Å²) in [6.45, 7) is 7.86. The van der Waals surface area contributed by atoms with Gasteiger partial charge in [0.15, 0.2) is 5.82 Å². The summed E-state index contributed by atoms with van der Waals surface area (Å²) in [5.41, 5.74) is 2.31. The highest BCUT2D eigenvalue weighted by Gasteiger charge is 2.26. The summed E-state index contributed by atoms with van der Waals surface area (Å²) >= 11 is 6.43. The monoisotopic (exact) mass is 599 g/mol. The number of likely N-dealkylation sites (N-methyl/N-ethyl adjacent to an activating group) is 1. The van der Waals surface area contributed by atoms with Gasteiger partial charge in [-0.05, 0) is 63.1 Å². The topological polar surface area (TPSA) is 112 Å². The lowest BCUT2D eigenvalue weighted by Gasteiger charge is -2.32. The SMILES string of the molecule is CCOc1cc(CCN2CCN(C)CC2)ccc1Nc1ncc(Cl)c(Nc2ccccc2S(=O)(=O)NC2CCC2)n1. The molecule has 1 aliphatic heterocycles. The normalized spacial score (nSPS) is 16.8. The van der Waals surface area contributed by atoms with Crippen LogP contribution in [0.5, 0.6) is 5.75 Å². The summed E-state index contributed by atoms with van der Waals surface area (Å²) in [6, 6.07) is 12.8. The van der Waals surface area contributed by atoms with Gasteiger partial charge in [-0.1, -0.05) is 36.2 Å². The van der Waals surface area contributed by atoms with E-state index in [2.05, 4.69) is 54.3 Å². The number of benzene rings is 2. The minimum atomic E-state index is -3.71. The third-order valence-corrected chi connectivity index (χ3v) is 9.36. The third kappa shape index (κ3) is 7.66. The second-order valence-electron chi connectivity index (χ2n) is 10.5. The fraction of sp³-hybridized carbons (Fsp3) is 0.448. The zero-order chi connectivity index (χ0) is 28.8. The number of halogens is 1. The van der Waals surface area contributed by atoms with Crippen LogP contribution >= 0.6 is 11.6 Å². The fourth-order valence-corrected chi connectivity index (χ4v) is 6.44. The van der Waals surface area contributed by atoms with Gasteiger partial charge < -0.3 is 25.2 Å². The van der Waals surface area contributed by atoms with Crippen LogP contribution in [0.3, 0.4) is 0 Å². The minimum Gasteiger partial charge on any atom is -0.492 e. The van der Waals surface area contributed by atoms with Crippen LogP contribution < -0.4 is 20.1 Å². The van der Waals surface area contributed by atoms with Gasteiger partial charge in [-0.15, -0.1) is 0 Å². The number of anilines is 4. The highest BCUT2D eigenvalue weighted by atomic mass is 35.5. The van der Waals surface area contributed by atoms with E-state index in [1.54, 1.807) is 24.3 Å². The lowest BCUT2D eigenvalue weighted by molar-refractivity contribution is 0.155. The molecule has 220 valence electrons. The molecule has 2 aliphatic rings. The number of rotatable bonds is 12. The van der Waals surface area contributed by atoms with Crippen LogP contribution in [0.25, 0.3) is 0 Å². The summed E-state index contributed by atoms with van der Waals surface area (Å²) in [5.74, 6) is 1.31. The van der Waals surface area contributed by atoms with Crippen LogP contribution in [0.4, 0.5) is 23.1 Å². The molecule has 5 rings (SSSR count). The van der Waals surface area contributed by atoms with Crippen molar-refractivity contribution in [1.82, 2.24) is 24.5 Å². The van der Waals surface area contributed by atoms with Gasteiger partial charge >= 0.3 is 0 Å². The molecule has 0 unspecified atom stereocenters. The molecule has 12 heteroatoms. The maximum atomic E-state index is 13.1. The van der Waals surface area contributed by atoms with E-state index in [9.17, 15) is 8.42 Å². The van der Waals surface area contributed by atoms with E-state index in [-0.39, 0.29) is 21.8 Å². The van der Waals surface area contributed by atoms with Gasteiger partial charge in [0.25, 0.3) is 0 Å². The number of nitrogens with zero attached hydrogens (tertiary/aromatic N) is 4. The first kappa shape index (κ1) is 29.5. The van der Waals surface area contributed by atoms with Crippen LogP contribution in [-0.2, 0) is 16.4 Å². The number of para-hydroxylation sites is 1. The van der Waals surface area contributed by atoms with Crippen LogP contribution in [0.2, 0.25) is 5.02 Å². The second-order valence-corrected chi connectivity index (χ2v) is 12.6. The van der Waals surface area contributed by atoms with Gasteiger partial charge in [-0.25, -0.2) is 18.1 Å². The molecular weight excluding hydrogens is 562 g/mol. The molecule has 0 bridgehead atoms. The van der Waals surface area contributed by atoms with Crippen molar-refractivity contribution in [2.75, 3.05) is 57.0 Å². The smallest absolute Gasteiger partial charge is 0.242 e. The zero-order valence-electron chi connectivity index (χ0n) is 23.6. The Labute approximate surface area is 247 Å².